The highest BCUT2D eigenvalue weighted by atomic mass is 16.5. The van der Waals surface area contributed by atoms with E-state index < -0.39 is 0 Å². The summed E-state index contributed by atoms with van der Waals surface area (Å²) in [5, 5.41) is 14.1. The van der Waals surface area contributed by atoms with Crippen LogP contribution in [0.1, 0.15) is 37.6 Å². The Bertz CT molecular complexity index is 467. The Hall–Kier alpha value is -1.88. The average molecular weight is 260 g/mol. The van der Waals surface area contributed by atoms with Crippen molar-refractivity contribution >= 4 is 0 Å². The van der Waals surface area contributed by atoms with Crippen molar-refractivity contribution in [3.8, 4) is 5.75 Å². The van der Waals surface area contributed by atoms with Gasteiger partial charge in [0.15, 0.2) is 0 Å². The van der Waals surface area contributed by atoms with Crippen molar-refractivity contribution in [2.24, 2.45) is 0 Å². The third-order valence-corrected chi connectivity index (χ3v) is 2.82. The largest absolute Gasteiger partial charge is 0.494 e. The van der Waals surface area contributed by atoms with Crippen molar-refractivity contribution in [1.82, 2.24) is 20.7 Å². The van der Waals surface area contributed by atoms with Gasteiger partial charge >= 0.3 is 0 Å². The second-order valence-electron chi connectivity index (χ2n) is 4.30. The van der Waals surface area contributed by atoms with Crippen molar-refractivity contribution in [3.05, 3.63) is 41.7 Å². The number of benzene rings is 1. The van der Waals surface area contributed by atoms with Gasteiger partial charge in [-0.2, -0.15) is 15.4 Å². The predicted octanol–water partition coefficient (Wildman–Crippen LogP) is 2.29. The Morgan fingerprint density at radius 1 is 1.26 bits per heavy atom. The molecule has 2 aromatic rings. The van der Waals surface area contributed by atoms with Crippen LogP contribution in [0.2, 0.25) is 0 Å². The van der Waals surface area contributed by atoms with E-state index in [2.05, 4.69) is 46.7 Å². The number of hydrogen-bond acceptors (Lipinski definition) is 4. The summed E-state index contributed by atoms with van der Waals surface area (Å²) in [6.45, 7) is 5.79. The summed E-state index contributed by atoms with van der Waals surface area (Å²) in [4.78, 5) is 0. The van der Waals surface area contributed by atoms with E-state index in [1.807, 2.05) is 12.1 Å². The van der Waals surface area contributed by atoms with Crippen molar-refractivity contribution in [2.75, 3.05) is 13.2 Å². The van der Waals surface area contributed by atoms with E-state index >= 15 is 0 Å². The molecule has 0 bridgehead atoms. The normalized spacial score (nSPS) is 12.3. The van der Waals surface area contributed by atoms with Gasteiger partial charge < -0.3 is 10.1 Å². The van der Waals surface area contributed by atoms with Crippen molar-refractivity contribution in [2.45, 2.75) is 26.3 Å². The van der Waals surface area contributed by atoms with Crippen LogP contribution in [0, 0.1) is 0 Å². The zero-order chi connectivity index (χ0) is 13.5. The second kappa shape index (κ2) is 6.89. The summed E-state index contributed by atoms with van der Waals surface area (Å²) >= 11 is 0. The van der Waals surface area contributed by atoms with E-state index in [0.717, 1.165) is 36.6 Å². The summed E-state index contributed by atoms with van der Waals surface area (Å²) in [5.41, 5.74) is 2.05. The topological polar surface area (TPSA) is 62.8 Å². The molecule has 0 spiro atoms. The van der Waals surface area contributed by atoms with Crippen LogP contribution >= 0.6 is 0 Å². The van der Waals surface area contributed by atoms with Crippen LogP contribution in [0.15, 0.2) is 30.5 Å². The summed E-state index contributed by atoms with van der Waals surface area (Å²) in [6, 6.07) is 8.18. The summed E-state index contributed by atoms with van der Waals surface area (Å²) in [6.07, 6.45) is 2.76. The number of H-pyrrole nitrogens is 1. The highest BCUT2D eigenvalue weighted by Crippen LogP contribution is 2.22. The molecule has 1 aromatic carbocycles. The molecule has 0 aliphatic carbocycles. The molecule has 1 unspecified atom stereocenters. The fraction of sp³-hybridized carbons (Fsp3) is 0.429. The Kier molecular flexibility index (Phi) is 4.92. The molecule has 5 nitrogen and oxygen atoms in total. The molecule has 1 aromatic heterocycles. The summed E-state index contributed by atoms with van der Waals surface area (Å²) in [5.74, 6) is 0.904. The van der Waals surface area contributed by atoms with Gasteiger partial charge in [-0.1, -0.05) is 26.0 Å². The first kappa shape index (κ1) is 13.5. The fourth-order valence-electron chi connectivity index (χ4n) is 1.92. The number of nitrogens with zero attached hydrogens (tertiary/aromatic N) is 2. The minimum atomic E-state index is 0.0592. The van der Waals surface area contributed by atoms with Crippen molar-refractivity contribution in [3.63, 3.8) is 0 Å². The van der Waals surface area contributed by atoms with Gasteiger partial charge in [0.1, 0.15) is 11.4 Å². The molecule has 0 saturated heterocycles. The molecule has 0 amide bonds. The van der Waals surface area contributed by atoms with Gasteiger partial charge in [0.2, 0.25) is 0 Å². The lowest BCUT2D eigenvalue weighted by atomic mass is 10.0. The molecule has 0 aliphatic heterocycles. The zero-order valence-electron chi connectivity index (χ0n) is 11.4. The summed E-state index contributed by atoms with van der Waals surface area (Å²) < 4.78 is 5.59. The molecule has 0 fully saturated rings. The average Bonchev–Trinajstić information content (AvgIpc) is 2.97. The van der Waals surface area contributed by atoms with Crippen LogP contribution in [0.5, 0.6) is 5.75 Å². The Labute approximate surface area is 113 Å². The van der Waals surface area contributed by atoms with Gasteiger partial charge in [0.25, 0.3) is 0 Å². The SMILES string of the molecule is CCCOc1ccc(C(NCC)c2cn[nH]n2)cc1. The number of nitrogens with one attached hydrogen (secondary N) is 2. The monoisotopic (exact) mass is 260 g/mol. The van der Waals surface area contributed by atoms with Crippen molar-refractivity contribution in [1.29, 1.82) is 0 Å². The maximum absolute atomic E-state index is 5.59. The second-order valence-corrected chi connectivity index (χ2v) is 4.30. The maximum Gasteiger partial charge on any atom is 0.119 e. The molecule has 2 rings (SSSR count). The van der Waals surface area contributed by atoms with Crippen LogP contribution < -0.4 is 10.1 Å². The molecule has 0 saturated carbocycles. The zero-order valence-corrected chi connectivity index (χ0v) is 11.4. The third-order valence-electron chi connectivity index (χ3n) is 2.82. The lowest BCUT2D eigenvalue weighted by Crippen LogP contribution is -2.22. The van der Waals surface area contributed by atoms with Crippen LogP contribution in [0.4, 0.5) is 0 Å². The van der Waals surface area contributed by atoms with Gasteiger partial charge in [0.05, 0.1) is 18.8 Å². The van der Waals surface area contributed by atoms with Crippen molar-refractivity contribution < 1.29 is 4.74 Å². The van der Waals surface area contributed by atoms with E-state index in [0.29, 0.717) is 0 Å². The first-order valence-corrected chi connectivity index (χ1v) is 6.67. The molecule has 0 radical (unpaired) electrons. The molecule has 1 atom stereocenters. The Balaban J connectivity index is 2.13. The molecular weight excluding hydrogens is 240 g/mol. The van der Waals surface area contributed by atoms with Crippen LogP contribution in [0.3, 0.4) is 0 Å². The summed E-state index contributed by atoms with van der Waals surface area (Å²) in [7, 11) is 0. The lowest BCUT2D eigenvalue weighted by molar-refractivity contribution is 0.317. The van der Waals surface area contributed by atoms with Crippen LogP contribution in [-0.4, -0.2) is 28.6 Å². The van der Waals surface area contributed by atoms with E-state index in [-0.39, 0.29) is 6.04 Å². The van der Waals surface area contributed by atoms with Gasteiger partial charge in [0, 0.05) is 0 Å². The Morgan fingerprint density at radius 2 is 2.05 bits per heavy atom. The molecule has 19 heavy (non-hydrogen) atoms. The molecule has 2 N–H and O–H groups in total. The highest BCUT2D eigenvalue weighted by molar-refractivity contribution is 5.32. The smallest absolute Gasteiger partial charge is 0.119 e. The number of rotatable bonds is 7. The first-order valence-electron chi connectivity index (χ1n) is 6.67. The quantitative estimate of drug-likeness (QED) is 0.801. The van der Waals surface area contributed by atoms with Gasteiger partial charge in [-0.15, -0.1) is 0 Å². The standard InChI is InChI=1S/C14H20N4O/c1-3-9-19-12-7-5-11(6-8-12)14(15-4-2)13-10-16-18-17-13/h5-8,10,14-15H,3-4,9H2,1-2H3,(H,16,17,18). The third kappa shape index (κ3) is 3.54. The minimum absolute atomic E-state index is 0.0592. The number of ether oxygens (including phenoxy) is 1. The fourth-order valence-corrected chi connectivity index (χ4v) is 1.92. The maximum atomic E-state index is 5.59. The number of hydrogen-bond donors (Lipinski definition) is 2. The Morgan fingerprint density at radius 3 is 2.63 bits per heavy atom. The number of aromatic amines is 1. The molecule has 102 valence electrons. The van der Waals surface area contributed by atoms with Gasteiger partial charge in [-0.05, 0) is 30.7 Å². The van der Waals surface area contributed by atoms with Gasteiger partial charge in [-0.25, -0.2) is 0 Å². The van der Waals surface area contributed by atoms with E-state index in [9.17, 15) is 0 Å². The van der Waals surface area contributed by atoms with Gasteiger partial charge in [-0.3, -0.25) is 0 Å². The molecule has 5 heteroatoms. The van der Waals surface area contributed by atoms with Crippen LogP contribution in [-0.2, 0) is 0 Å². The molecule has 1 heterocycles. The lowest BCUT2D eigenvalue weighted by Gasteiger charge is -2.16. The van der Waals surface area contributed by atoms with Crippen LogP contribution in [0.25, 0.3) is 0 Å². The minimum Gasteiger partial charge on any atom is -0.494 e. The van der Waals surface area contributed by atoms with E-state index in [4.69, 9.17) is 4.74 Å². The first-order chi connectivity index (χ1) is 9.35. The van der Waals surface area contributed by atoms with E-state index in [1.165, 1.54) is 0 Å². The van der Waals surface area contributed by atoms with E-state index in [1.54, 1.807) is 6.20 Å². The number of aromatic nitrogens is 3. The predicted molar refractivity (Wildman–Crippen MR) is 74.1 cm³/mol. The highest BCUT2D eigenvalue weighted by Gasteiger charge is 2.15. The molecular formula is C14H20N4O. The molecule has 0 aliphatic rings.